The second-order valence-electron chi connectivity index (χ2n) is 2.20. The van der Waals surface area contributed by atoms with E-state index in [4.69, 9.17) is 12.2 Å². The Balaban J connectivity index is 2.50. The van der Waals surface area contributed by atoms with Gasteiger partial charge in [-0.25, -0.2) is 0 Å². The fraction of sp³-hybridized carbons (Fsp3) is 0.143. The summed E-state index contributed by atoms with van der Waals surface area (Å²) in [7, 11) is 0. The first-order chi connectivity index (χ1) is 5.75. The van der Waals surface area contributed by atoms with Crippen molar-refractivity contribution < 1.29 is 0 Å². The summed E-state index contributed by atoms with van der Waals surface area (Å²) in [6.45, 7) is 2.03. The normalized spacial score (nSPS) is 10.4. The zero-order valence-electron chi connectivity index (χ0n) is 6.23. The molecule has 62 valence electrons. The molecule has 0 bridgehead atoms. The van der Waals surface area contributed by atoms with Crippen LogP contribution in [0.4, 0.5) is 0 Å². The Bertz CT molecular complexity index is 439. The number of aromatic nitrogens is 1. The third-order valence-corrected chi connectivity index (χ3v) is 6.07. The summed E-state index contributed by atoms with van der Waals surface area (Å²) < 4.78 is 1.11. The number of aryl methyl sites for hydroxylation is 1. The minimum absolute atomic E-state index is 0.410. The third kappa shape index (κ3) is 1.75. The number of hydrogen-bond donors (Lipinski definition) is 0. The summed E-state index contributed by atoms with van der Waals surface area (Å²) in [5, 5.41) is 3.22. The van der Waals surface area contributed by atoms with Crippen molar-refractivity contribution in [2.75, 3.05) is 0 Å². The summed E-state index contributed by atoms with van der Waals surface area (Å²) in [6, 6.07) is 0. The number of hydrogen-bond acceptors (Lipinski definition) is 4. The molecule has 0 N–H and O–H groups in total. The van der Waals surface area contributed by atoms with E-state index in [1.807, 2.05) is 6.92 Å². The van der Waals surface area contributed by atoms with E-state index < -0.39 is 0 Å². The van der Waals surface area contributed by atoms with Crippen molar-refractivity contribution in [3.63, 3.8) is 0 Å². The summed E-state index contributed by atoms with van der Waals surface area (Å²) in [5.41, 5.74) is 1.10. The Hall–Kier alpha value is 0.199. The van der Waals surface area contributed by atoms with Gasteiger partial charge in [0.2, 0.25) is 0 Å². The molecule has 2 heterocycles. The van der Waals surface area contributed by atoms with E-state index in [9.17, 15) is 0 Å². The molecule has 0 radical (unpaired) electrons. The zero-order chi connectivity index (χ0) is 8.55. The molecular formula is C7H5NS3Se. The van der Waals surface area contributed by atoms with Gasteiger partial charge in [0, 0.05) is 0 Å². The van der Waals surface area contributed by atoms with Gasteiger partial charge in [0.15, 0.2) is 0 Å². The van der Waals surface area contributed by atoms with Gasteiger partial charge in [-0.1, -0.05) is 0 Å². The van der Waals surface area contributed by atoms with E-state index in [2.05, 4.69) is 15.3 Å². The van der Waals surface area contributed by atoms with E-state index in [-0.39, 0.29) is 0 Å². The average molecular weight is 278 g/mol. The molecule has 2 aromatic heterocycles. The van der Waals surface area contributed by atoms with Crippen LogP contribution in [-0.4, -0.2) is 19.5 Å². The van der Waals surface area contributed by atoms with Gasteiger partial charge in [-0.3, -0.25) is 0 Å². The molecule has 0 unspecified atom stereocenters. The average Bonchev–Trinajstić information content (AvgIpc) is 2.58. The fourth-order valence-electron chi connectivity index (χ4n) is 0.829. The van der Waals surface area contributed by atoms with Gasteiger partial charge in [0.25, 0.3) is 0 Å². The van der Waals surface area contributed by atoms with Gasteiger partial charge in [-0.05, 0) is 0 Å². The molecule has 0 saturated heterocycles. The number of thiazole rings is 1. The topological polar surface area (TPSA) is 12.9 Å². The minimum atomic E-state index is 0.410. The van der Waals surface area contributed by atoms with Crippen molar-refractivity contribution in [2.45, 2.75) is 6.92 Å². The van der Waals surface area contributed by atoms with Gasteiger partial charge < -0.3 is 0 Å². The van der Waals surface area contributed by atoms with Gasteiger partial charge in [-0.2, -0.15) is 0 Å². The molecule has 1 nitrogen and oxygen atoms in total. The molecule has 0 aromatic carbocycles. The summed E-state index contributed by atoms with van der Waals surface area (Å²) in [6.07, 6.45) is 0. The molecule has 0 aliphatic carbocycles. The maximum atomic E-state index is 5.12. The number of rotatable bonds is 1. The van der Waals surface area contributed by atoms with Crippen LogP contribution in [-0.2, 0) is 0 Å². The van der Waals surface area contributed by atoms with Crippen LogP contribution in [0.1, 0.15) is 5.01 Å². The molecular weight excluding hydrogens is 273 g/mol. The molecule has 0 amide bonds. The standard InChI is InChI=1S/C7H5NS3Se/c1-4-8-5(2-10-4)6-3-12-7(9)11-6/h2-3H,1H3. The number of nitrogens with zero attached hydrogens (tertiary/aromatic N) is 1. The van der Waals surface area contributed by atoms with Gasteiger partial charge in [-0.15, -0.1) is 0 Å². The summed E-state index contributed by atoms with van der Waals surface area (Å²) in [4.78, 5) is 7.88. The van der Waals surface area contributed by atoms with Crippen LogP contribution >= 0.6 is 34.9 Å². The molecule has 0 atom stereocenters. The second-order valence-corrected chi connectivity index (χ2v) is 8.00. The van der Waals surface area contributed by atoms with E-state index in [1.165, 1.54) is 4.88 Å². The van der Waals surface area contributed by atoms with Crippen molar-refractivity contribution >= 4 is 49.4 Å². The molecule has 2 rings (SSSR count). The first-order valence-electron chi connectivity index (χ1n) is 3.27. The van der Waals surface area contributed by atoms with E-state index in [0.29, 0.717) is 14.5 Å². The van der Waals surface area contributed by atoms with Crippen LogP contribution in [0.25, 0.3) is 10.6 Å². The molecule has 0 fully saturated rings. The van der Waals surface area contributed by atoms with Crippen LogP contribution in [0, 0.1) is 9.62 Å². The van der Waals surface area contributed by atoms with Crippen molar-refractivity contribution in [2.24, 2.45) is 0 Å². The van der Waals surface area contributed by atoms with Crippen LogP contribution < -0.4 is 0 Å². The third-order valence-electron chi connectivity index (χ3n) is 1.33. The molecule has 0 spiro atoms. The Morgan fingerprint density at radius 3 is 2.92 bits per heavy atom. The maximum absolute atomic E-state index is 5.12. The van der Waals surface area contributed by atoms with Crippen molar-refractivity contribution in [3.05, 3.63) is 18.0 Å². The van der Waals surface area contributed by atoms with E-state index in [1.54, 1.807) is 22.7 Å². The first-order valence-corrected chi connectivity index (χ1v) is 7.22. The van der Waals surface area contributed by atoms with Crippen LogP contribution in [0.15, 0.2) is 10.3 Å². The van der Waals surface area contributed by atoms with Crippen molar-refractivity contribution in [1.29, 1.82) is 0 Å². The van der Waals surface area contributed by atoms with Gasteiger partial charge >= 0.3 is 89.9 Å². The monoisotopic (exact) mass is 279 g/mol. The quantitative estimate of drug-likeness (QED) is 0.587. The van der Waals surface area contributed by atoms with Crippen LogP contribution in [0.5, 0.6) is 0 Å². The SMILES string of the molecule is Cc1nc(-c2c[se]c(=S)s2)cs1. The Labute approximate surface area is 89.5 Å². The zero-order valence-corrected chi connectivity index (χ0v) is 10.4. The Morgan fingerprint density at radius 2 is 2.42 bits per heavy atom. The predicted molar refractivity (Wildman–Crippen MR) is 57.9 cm³/mol. The Morgan fingerprint density at radius 1 is 1.58 bits per heavy atom. The molecule has 5 heteroatoms. The van der Waals surface area contributed by atoms with Gasteiger partial charge in [0.1, 0.15) is 0 Å². The molecule has 0 aliphatic rings. The second kappa shape index (κ2) is 3.52. The molecule has 2 aromatic rings. The summed E-state index contributed by atoms with van der Waals surface area (Å²) in [5.74, 6) is 0. The van der Waals surface area contributed by atoms with Crippen molar-refractivity contribution in [3.8, 4) is 10.6 Å². The predicted octanol–water partition coefficient (Wildman–Crippen LogP) is 2.97. The molecule has 0 saturated carbocycles. The van der Waals surface area contributed by atoms with Crippen LogP contribution in [0.3, 0.4) is 0 Å². The first kappa shape index (κ1) is 8.78. The van der Waals surface area contributed by atoms with E-state index in [0.717, 1.165) is 13.4 Å². The van der Waals surface area contributed by atoms with Crippen molar-refractivity contribution in [1.82, 2.24) is 4.98 Å². The molecule has 12 heavy (non-hydrogen) atoms. The van der Waals surface area contributed by atoms with E-state index >= 15 is 0 Å². The fourth-order valence-corrected chi connectivity index (χ4v) is 4.87. The molecule has 0 aliphatic heterocycles. The van der Waals surface area contributed by atoms with Crippen LogP contribution in [0.2, 0.25) is 0 Å². The van der Waals surface area contributed by atoms with Gasteiger partial charge in [0.05, 0.1) is 0 Å². The Kier molecular flexibility index (Phi) is 2.57. The summed E-state index contributed by atoms with van der Waals surface area (Å²) >= 11 is 8.91.